The van der Waals surface area contributed by atoms with Crippen LogP contribution in [0.4, 0.5) is 0 Å². The van der Waals surface area contributed by atoms with Crippen LogP contribution in [0.25, 0.3) is 0 Å². The highest BCUT2D eigenvalue weighted by molar-refractivity contribution is 5.38. The van der Waals surface area contributed by atoms with Crippen LogP contribution in [0.1, 0.15) is 31.9 Å². The lowest BCUT2D eigenvalue weighted by Crippen LogP contribution is -2.29. The molecule has 2 rings (SSSR count). The number of aromatic nitrogens is 2. The normalized spacial score (nSPS) is 12.9. The lowest BCUT2D eigenvalue weighted by molar-refractivity contribution is 0.0910. The highest BCUT2D eigenvalue weighted by atomic mass is 16.5. The van der Waals surface area contributed by atoms with Crippen LogP contribution < -0.4 is 10.3 Å². The van der Waals surface area contributed by atoms with Gasteiger partial charge in [0.15, 0.2) is 0 Å². The third-order valence-electron chi connectivity index (χ3n) is 3.67. The summed E-state index contributed by atoms with van der Waals surface area (Å²) in [6.07, 6.45) is 2.06. The summed E-state index contributed by atoms with van der Waals surface area (Å²) in [7, 11) is 0. The second-order valence-corrected chi connectivity index (χ2v) is 6.77. The van der Waals surface area contributed by atoms with E-state index in [1.54, 1.807) is 0 Å². The van der Waals surface area contributed by atoms with Gasteiger partial charge in [-0.3, -0.25) is 9.36 Å². The Bertz CT molecular complexity index is 717. The topological polar surface area (TPSA) is 64.3 Å². The molecule has 0 bridgehead atoms. The van der Waals surface area contributed by atoms with Crippen molar-refractivity contribution in [2.24, 2.45) is 0 Å². The Kier molecular flexibility index (Phi) is 5.21. The Balaban J connectivity index is 1.98. The number of nitrogens with zero attached hydrogens (tertiary/aromatic N) is 2. The largest absolute Gasteiger partial charge is 0.491 e. The molecule has 1 heterocycles. The Morgan fingerprint density at radius 2 is 2.04 bits per heavy atom. The SMILES string of the molecule is Cc1cc(C(C)(C)C)ccc1OC[C@H](O)Cn1cnccc1=O. The minimum atomic E-state index is -0.779. The third-order valence-corrected chi connectivity index (χ3v) is 3.67. The fraction of sp³-hybridized carbons (Fsp3) is 0.444. The summed E-state index contributed by atoms with van der Waals surface area (Å²) >= 11 is 0. The summed E-state index contributed by atoms with van der Waals surface area (Å²) in [6, 6.07) is 7.44. The minimum Gasteiger partial charge on any atom is -0.491 e. The number of aliphatic hydroxyl groups is 1. The molecule has 2 aromatic rings. The number of ether oxygens (including phenoxy) is 1. The van der Waals surface area contributed by atoms with E-state index in [1.807, 2.05) is 19.1 Å². The zero-order valence-electron chi connectivity index (χ0n) is 14.1. The van der Waals surface area contributed by atoms with Crippen molar-refractivity contribution < 1.29 is 9.84 Å². The highest BCUT2D eigenvalue weighted by Crippen LogP contribution is 2.27. The predicted octanol–water partition coefficient (Wildman–Crippen LogP) is 2.29. The van der Waals surface area contributed by atoms with Crippen LogP contribution in [0, 0.1) is 6.92 Å². The third kappa shape index (κ3) is 4.66. The van der Waals surface area contributed by atoms with Gasteiger partial charge in [-0.25, -0.2) is 4.98 Å². The fourth-order valence-corrected chi connectivity index (χ4v) is 2.26. The molecule has 5 nitrogen and oxygen atoms in total. The smallest absolute Gasteiger partial charge is 0.253 e. The maximum Gasteiger partial charge on any atom is 0.253 e. The van der Waals surface area contributed by atoms with Crippen LogP contribution in [0.15, 0.2) is 41.6 Å². The van der Waals surface area contributed by atoms with Gasteiger partial charge in [0, 0.05) is 12.3 Å². The number of rotatable bonds is 5. The van der Waals surface area contributed by atoms with Crippen molar-refractivity contribution in [1.82, 2.24) is 9.55 Å². The van der Waals surface area contributed by atoms with Gasteiger partial charge in [-0.1, -0.05) is 32.9 Å². The molecule has 0 saturated carbocycles. The number of aryl methyl sites for hydroxylation is 1. The van der Waals surface area contributed by atoms with Crippen LogP contribution in [0.3, 0.4) is 0 Å². The quantitative estimate of drug-likeness (QED) is 0.919. The van der Waals surface area contributed by atoms with Gasteiger partial charge in [0.05, 0.1) is 12.9 Å². The van der Waals surface area contributed by atoms with Gasteiger partial charge in [-0.05, 0) is 29.5 Å². The zero-order valence-corrected chi connectivity index (χ0v) is 14.1. The second-order valence-electron chi connectivity index (χ2n) is 6.77. The van der Waals surface area contributed by atoms with Crippen LogP contribution in [-0.4, -0.2) is 27.4 Å². The van der Waals surface area contributed by atoms with E-state index >= 15 is 0 Å². The molecule has 0 amide bonds. The standard InChI is InChI=1S/C18H24N2O3/c1-13-9-14(18(2,3)4)5-6-16(13)23-11-15(21)10-20-12-19-8-7-17(20)22/h5-9,12,15,21H,10-11H2,1-4H3/t15-/m1/s1. The fourth-order valence-electron chi connectivity index (χ4n) is 2.26. The Hall–Kier alpha value is -2.14. The molecule has 23 heavy (non-hydrogen) atoms. The van der Waals surface area contributed by atoms with Crippen LogP contribution in [0.5, 0.6) is 5.75 Å². The van der Waals surface area contributed by atoms with Gasteiger partial charge in [-0.15, -0.1) is 0 Å². The van der Waals surface area contributed by atoms with Crippen molar-refractivity contribution in [3.63, 3.8) is 0 Å². The molecule has 0 aliphatic heterocycles. The molecule has 1 aromatic carbocycles. The van der Waals surface area contributed by atoms with Crippen molar-refractivity contribution in [3.05, 3.63) is 58.3 Å². The van der Waals surface area contributed by atoms with E-state index in [-0.39, 0.29) is 24.1 Å². The lowest BCUT2D eigenvalue weighted by Gasteiger charge is -2.21. The first-order chi connectivity index (χ1) is 10.8. The van der Waals surface area contributed by atoms with E-state index in [2.05, 4.69) is 31.8 Å². The van der Waals surface area contributed by atoms with E-state index in [1.165, 1.54) is 28.7 Å². The molecule has 1 N–H and O–H groups in total. The summed E-state index contributed by atoms with van der Waals surface area (Å²) in [5, 5.41) is 10.1. The summed E-state index contributed by atoms with van der Waals surface area (Å²) in [5.41, 5.74) is 2.17. The Morgan fingerprint density at radius 1 is 1.30 bits per heavy atom. The molecule has 0 aliphatic carbocycles. The lowest BCUT2D eigenvalue weighted by atomic mass is 9.86. The molecule has 0 unspecified atom stereocenters. The maximum absolute atomic E-state index is 11.6. The molecule has 0 aliphatic rings. The molecule has 0 fully saturated rings. The maximum atomic E-state index is 11.6. The van der Waals surface area contributed by atoms with Crippen molar-refractivity contribution >= 4 is 0 Å². The first-order valence-corrected chi connectivity index (χ1v) is 7.70. The zero-order chi connectivity index (χ0) is 17.0. The highest BCUT2D eigenvalue weighted by Gasteiger charge is 2.15. The van der Waals surface area contributed by atoms with Crippen LogP contribution in [-0.2, 0) is 12.0 Å². The van der Waals surface area contributed by atoms with Gasteiger partial charge in [0.25, 0.3) is 5.56 Å². The van der Waals surface area contributed by atoms with Gasteiger partial charge >= 0.3 is 0 Å². The number of benzene rings is 1. The second kappa shape index (κ2) is 6.96. The molecule has 0 spiro atoms. The van der Waals surface area contributed by atoms with Crippen LogP contribution in [0.2, 0.25) is 0 Å². The van der Waals surface area contributed by atoms with Crippen molar-refractivity contribution in [2.45, 2.75) is 45.8 Å². The van der Waals surface area contributed by atoms with E-state index < -0.39 is 6.10 Å². The number of hydrogen-bond donors (Lipinski definition) is 1. The molecular formula is C18H24N2O3. The monoisotopic (exact) mass is 316 g/mol. The molecule has 0 radical (unpaired) electrons. The minimum absolute atomic E-state index is 0.0876. The molecule has 5 heteroatoms. The summed E-state index contributed by atoms with van der Waals surface area (Å²) < 4.78 is 7.06. The molecule has 1 atom stereocenters. The van der Waals surface area contributed by atoms with Crippen molar-refractivity contribution in [3.8, 4) is 5.75 Å². The first kappa shape index (κ1) is 17.2. The van der Waals surface area contributed by atoms with Gasteiger partial charge in [0.1, 0.15) is 18.5 Å². The number of aliphatic hydroxyl groups excluding tert-OH is 1. The number of hydrogen-bond acceptors (Lipinski definition) is 4. The molecular weight excluding hydrogens is 292 g/mol. The molecule has 124 valence electrons. The Morgan fingerprint density at radius 3 is 2.65 bits per heavy atom. The summed E-state index contributed by atoms with van der Waals surface area (Å²) in [5.74, 6) is 0.746. The van der Waals surface area contributed by atoms with E-state index in [0.29, 0.717) is 0 Å². The van der Waals surface area contributed by atoms with Gasteiger partial charge in [-0.2, -0.15) is 0 Å². The predicted molar refractivity (Wildman–Crippen MR) is 89.9 cm³/mol. The van der Waals surface area contributed by atoms with E-state index in [0.717, 1.165) is 11.3 Å². The molecule has 0 saturated heterocycles. The first-order valence-electron chi connectivity index (χ1n) is 7.70. The van der Waals surface area contributed by atoms with Gasteiger partial charge in [0.2, 0.25) is 0 Å². The van der Waals surface area contributed by atoms with Crippen molar-refractivity contribution in [2.75, 3.05) is 6.61 Å². The van der Waals surface area contributed by atoms with Gasteiger partial charge < -0.3 is 9.84 Å². The summed E-state index contributed by atoms with van der Waals surface area (Å²) in [4.78, 5) is 15.5. The average molecular weight is 316 g/mol. The van der Waals surface area contributed by atoms with Crippen molar-refractivity contribution in [1.29, 1.82) is 0 Å². The Labute approximate surface area is 136 Å². The van der Waals surface area contributed by atoms with Crippen LogP contribution >= 0.6 is 0 Å². The molecule has 1 aromatic heterocycles. The average Bonchev–Trinajstić information content (AvgIpc) is 2.47. The van der Waals surface area contributed by atoms with E-state index in [9.17, 15) is 9.90 Å². The summed E-state index contributed by atoms with van der Waals surface area (Å²) in [6.45, 7) is 8.76. The van der Waals surface area contributed by atoms with E-state index in [4.69, 9.17) is 4.74 Å².